The second-order valence-corrected chi connectivity index (χ2v) is 6.98. The summed E-state index contributed by atoms with van der Waals surface area (Å²) in [6.45, 7) is 3.90. The highest BCUT2D eigenvalue weighted by Gasteiger charge is 2.34. The van der Waals surface area contributed by atoms with Gasteiger partial charge in [-0.15, -0.1) is 0 Å². The molecule has 2 aromatic rings. The SMILES string of the molecule is Cc1cccc(NC(=O)CNC(=O)CCCN2C(=O)c3ccccc3C2=O)c1C. The van der Waals surface area contributed by atoms with E-state index in [1.54, 1.807) is 24.3 Å². The molecule has 4 amide bonds. The number of hydrogen-bond donors (Lipinski definition) is 2. The van der Waals surface area contributed by atoms with Crippen LogP contribution >= 0.6 is 0 Å². The van der Waals surface area contributed by atoms with Crippen molar-refractivity contribution < 1.29 is 19.2 Å². The molecular weight excluding hydrogens is 370 g/mol. The van der Waals surface area contributed by atoms with Gasteiger partial charge >= 0.3 is 0 Å². The molecule has 0 spiro atoms. The first-order valence-electron chi connectivity index (χ1n) is 9.46. The van der Waals surface area contributed by atoms with E-state index < -0.39 is 0 Å². The standard InChI is InChI=1S/C22H23N3O4/c1-14-7-5-10-18(15(14)2)24-20(27)13-23-19(26)11-6-12-25-21(28)16-8-3-4-9-17(16)22(25)29/h3-5,7-10H,6,11-13H2,1-2H3,(H,23,26)(H,24,27). The Balaban J connectivity index is 1.42. The molecule has 1 aliphatic heterocycles. The van der Waals surface area contributed by atoms with Crippen molar-refractivity contribution in [2.24, 2.45) is 0 Å². The van der Waals surface area contributed by atoms with Gasteiger partial charge in [0.05, 0.1) is 17.7 Å². The summed E-state index contributed by atoms with van der Waals surface area (Å²) in [4.78, 5) is 49.8. The molecule has 1 aliphatic rings. The second kappa shape index (κ2) is 8.68. The first-order valence-corrected chi connectivity index (χ1v) is 9.46. The van der Waals surface area contributed by atoms with Crippen molar-refractivity contribution in [2.45, 2.75) is 26.7 Å². The van der Waals surface area contributed by atoms with E-state index in [0.29, 0.717) is 17.5 Å². The van der Waals surface area contributed by atoms with Crippen LogP contribution in [0.4, 0.5) is 5.69 Å². The lowest BCUT2D eigenvalue weighted by Gasteiger charge is -2.13. The van der Waals surface area contributed by atoms with Crippen LogP contribution in [-0.4, -0.2) is 41.6 Å². The fourth-order valence-electron chi connectivity index (χ4n) is 3.19. The monoisotopic (exact) mass is 393 g/mol. The van der Waals surface area contributed by atoms with Crippen LogP contribution in [0.15, 0.2) is 42.5 Å². The number of hydrogen-bond acceptors (Lipinski definition) is 4. The van der Waals surface area contributed by atoms with Crippen molar-refractivity contribution in [1.82, 2.24) is 10.2 Å². The van der Waals surface area contributed by atoms with Crippen LogP contribution in [0.25, 0.3) is 0 Å². The van der Waals surface area contributed by atoms with Gasteiger partial charge in [-0.05, 0) is 49.6 Å². The van der Waals surface area contributed by atoms with E-state index in [-0.39, 0.29) is 43.1 Å². The fourth-order valence-corrected chi connectivity index (χ4v) is 3.19. The number of carbonyl (C=O) groups is 4. The number of anilines is 1. The highest BCUT2D eigenvalue weighted by Crippen LogP contribution is 2.22. The van der Waals surface area contributed by atoms with E-state index in [4.69, 9.17) is 0 Å². The van der Waals surface area contributed by atoms with Gasteiger partial charge in [0.15, 0.2) is 0 Å². The molecule has 1 heterocycles. The number of amides is 4. The number of aryl methyl sites for hydroxylation is 1. The second-order valence-electron chi connectivity index (χ2n) is 6.98. The quantitative estimate of drug-likeness (QED) is 0.706. The van der Waals surface area contributed by atoms with Crippen LogP contribution in [0.2, 0.25) is 0 Å². The summed E-state index contributed by atoms with van der Waals surface area (Å²) in [6.07, 6.45) is 0.445. The zero-order valence-electron chi connectivity index (χ0n) is 16.5. The predicted octanol–water partition coefficient (Wildman–Crippen LogP) is 2.43. The van der Waals surface area contributed by atoms with Crippen LogP contribution in [0, 0.1) is 13.8 Å². The Morgan fingerprint density at radius 2 is 1.55 bits per heavy atom. The number of benzene rings is 2. The molecule has 29 heavy (non-hydrogen) atoms. The van der Waals surface area contributed by atoms with Gasteiger partial charge < -0.3 is 10.6 Å². The molecule has 0 bridgehead atoms. The van der Waals surface area contributed by atoms with Crippen molar-refractivity contribution in [1.29, 1.82) is 0 Å². The molecule has 0 unspecified atom stereocenters. The highest BCUT2D eigenvalue weighted by atomic mass is 16.2. The van der Waals surface area contributed by atoms with E-state index in [2.05, 4.69) is 10.6 Å². The third-order valence-electron chi connectivity index (χ3n) is 4.99. The minimum Gasteiger partial charge on any atom is -0.347 e. The maximum atomic E-state index is 12.3. The van der Waals surface area contributed by atoms with Crippen molar-refractivity contribution in [3.63, 3.8) is 0 Å². The van der Waals surface area contributed by atoms with Crippen LogP contribution in [0.1, 0.15) is 44.7 Å². The minimum atomic E-state index is -0.334. The molecule has 150 valence electrons. The number of rotatable bonds is 7. The van der Waals surface area contributed by atoms with E-state index in [1.807, 2.05) is 32.0 Å². The molecule has 0 aliphatic carbocycles. The third-order valence-corrected chi connectivity index (χ3v) is 4.99. The van der Waals surface area contributed by atoms with Crippen molar-refractivity contribution in [3.8, 4) is 0 Å². The summed E-state index contributed by atoms with van der Waals surface area (Å²) in [6, 6.07) is 12.3. The lowest BCUT2D eigenvalue weighted by atomic mass is 10.1. The minimum absolute atomic E-state index is 0.115. The Kier molecular flexibility index (Phi) is 6.07. The highest BCUT2D eigenvalue weighted by molar-refractivity contribution is 6.21. The van der Waals surface area contributed by atoms with Crippen molar-refractivity contribution >= 4 is 29.3 Å². The number of nitrogens with zero attached hydrogens (tertiary/aromatic N) is 1. The summed E-state index contributed by atoms with van der Waals surface area (Å²) < 4.78 is 0. The average molecular weight is 393 g/mol. The molecule has 0 saturated carbocycles. The van der Waals surface area contributed by atoms with E-state index >= 15 is 0 Å². The Morgan fingerprint density at radius 1 is 0.897 bits per heavy atom. The number of fused-ring (bicyclic) bond motifs is 1. The zero-order valence-corrected chi connectivity index (χ0v) is 16.5. The molecule has 7 heteroatoms. The number of nitrogens with one attached hydrogen (secondary N) is 2. The Morgan fingerprint density at radius 3 is 2.21 bits per heavy atom. The maximum Gasteiger partial charge on any atom is 0.261 e. The zero-order chi connectivity index (χ0) is 21.0. The summed E-state index contributed by atoms with van der Waals surface area (Å²) in [5, 5.41) is 5.34. The van der Waals surface area contributed by atoms with E-state index in [0.717, 1.165) is 21.7 Å². The Bertz CT molecular complexity index is 949. The lowest BCUT2D eigenvalue weighted by molar-refractivity contribution is -0.124. The molecular formula is C22H23N3O4. The lowest BCUT2D eigenvalue weighted by Crippen LogP contribution is -2.34. The fraction of sp³-hybridized carbons (Fsp3) is 0.273. The average Bonchev–Trinajstić information content (AvgIpc) is 2.95. The summed E-state index contributed by atoms with van der Waals surface area (Å²) in [7, 11) is 0. The molecule has 2 N–H and O–H groups in total. The normalized spacial score (nSPS) is 12.7. The van der Waals surface area contributed by atoms with Gasteiger partial charge in [-0.1, -0.05) is 24.3 Å². The van der Waals surface area contributed by atoms with E-state index in [1.165, 1.54) is 0 Å². The van der Waals surface area contributed by atoms with Gasteiger partial charge in [-0.3, -0.25) is 24.1 Å². The number of imide groups is 1. The summed E-state index contributed by atoms with van der Waals surface area (Å²) >= 11 is 0. The van der Waals surface area contributed by atoms with Gasteiger partial charge in [-0.25, -0.2) is 0 Å². The largest absolute Gasteiger partial charge is 0.347 e. The smallest absolute Gasteiger partial charge is 0.261 e. The summed E-state index contributed by atoms with van der Waals surface area (Å²) in [5.74, 6) is -1.29. The maximum absolute atomic E-state index is 12.3. The third kappa shape index (κ3) is 4.51. The first-order chi connectivity index (χ1) is 13.9. The van der Waals surface area contributed by atoms with Gasteiger partial charge in [0.1, 0.15) is 0 Å². The van der Waals surface area contributed by atoms with Crippen LogP contribution in [0.5, 0.6) is 0 Å². The molecule has 0 radical (unpaired) electrons. The van der Waals surface area contributed by atoms with E-state index in [9.17, 15) is 19.2 Å². The number of carbonyl (C=O) groups excluding carboxylic acids is 4. The van der Waals surface area contributed by atoms with Gasteiger partial charge in [0.25, 0.3) is 11.8 Å². The van der Waals surface area contributed by atoms with Crippen molar-refractivity contribution in [3.05, 3.63) is 64.7 Å². The molecule has 7 nitrogen and oxygen atoms in total. The van der Waals surface area contributed by atoms with Gasteiger partial charge in [0, 0.05) is 18.7 Å². The van der Waals surface area contributed by atoms with Crippen molar-refractivity contribution in [2.75, 3.05) is 18.4 Å². The summed E-state index contributed by atoms with van der Waals surface area (Å²) in [5.41, 5.74) is 3.55. The molecule has 0 aromatic heterocycles. The Hall–Kier alpha value is -3.48. The molecule has 0 saturated heterocycles. The molecule has 0 fully saturated rings. The topological polar surface area (TPSA) is 95.6 Å². The van der Waals surface area contributed by atoms with Crippen LogP contribution < -0.4 is 10.6 Å². The molecule has 3 rings (SSSR count). The predicted molar refractivity (Wildman–Crippen MR) is 109 cm³/mol. The Labute approximate surface area is 169 Å². The molecule has 0 atom stereocenters. The molecule has 2 aromatic carbocycles. The van der Waals surface area contributed by atoms with Gasteiger partial charge in [0.2, 0.25) is 11.8 Å². The first kappa shape index (κ1) is 20.3. The van der Waals surface area contributed by atoms with Crippen LogP contribution in [0.3, 0.4) is 0 Å². The van der Waals surface area contributed by atoms with Gasteiger partial charge in [-0.2, -0.15) is 0 Å². The van der Waals surface area contributed by atoms with Crippen LogP contribution in [-0.2, 0) is 9.59 Å².